The lowest BCUT2D eigenvalue weighted by atomic mass is 10.2. The molecular formula is C19H19N3O2S. The van der Waals surface area contributed by atoms with Crippen molar-refractivity contribution in [2.75, 3.05) is 18.7 Å². The first-order chi connectivity index (χ1) is 12.2. The van der Waals surface area contributed by atoms with Crippen molar-refractivity contribution in [1.29, 1.82) is 0 Å². The summed E-state index contributed by atoms with van der Waals surface area (Å²) in [4.78, 5) is 17.4. The molecule has 1 aromatic heterocycles. The van der Waals surface area contributed by atoms with E-state index in [2.05, 4.69) is 10.3 Å². The van der Waals surface area contributed by atoms with Gasteiger partial charge in [-0.1, -0.05) is 42.5 Å². The molecule has 128 valence electrons. The fourth-order valence-electron chi connectivity index (χ4n) is 2.48. The normalized spacial score (nSPS) is 10.5. The molecule has 1 heterocycles. The number of para-hydroxylation sites is 1. The molecule has 0 aliphatic carbocycles. The van der Waals surface area contributed by atoms with E-state index in [9.17, 15) is 4.79 Å². The van der Waals surface area contributed by atoms with Gasteiger partial charge in [-0.2, -0.15) is 4.98 Å². The lowest BCUT2D eigenvalue weighted by Gasteiger charge is -2.16. The molecule has 0 bridgehead atoms. The summed E-state index contributed by atoms with van der Waals surface area (Å²) in [5.41, 5.74) is 1.63. The van der Waals surface area contributed by atoms with Gasteiger partial charge in [-0.15, -0.1) is 11.8 Å². The zero-order valence-electron chi connectivity index (χ0n) is 14.1. The summed E-state index contributed by atoms with van der Waals surface area (Å²) in [7, 11) is 1.47. The Labute approximate surface area is 150 Å². The Morgan fingerprint density at radius 1 is 1.12 bits per heavy atom. The number of benzene rings is 2. The molecular weight excluding hydrogens is 334 g/mol. The van der Waals surface area contributed by atoms with Crippen LogP contribution in [0.15, 0.2) is 70.5 Å². The molecule has 2 aromatic carbocycles. The van der Waals surface area contributed by atoms with Crippen molar-refractivity contribution in [3.8, 4) is 5.75 Å². The predicted octanol–water partition coefficient (Wildman–Crippen LogP) is 3.77. The first kappa shape index (κ1) is 17.1. The summed E-state index contributed by atoms with van der Waals surface area (Å²) in [5, 5.41) is 3.28. The monoisotopic (exact) mass is 353 g/mol. The van der Waals surface area contributed by atoms with E-state index < -0.39 is 5.56 Å². The molecule has 0 atom stereocenters. The Kier molecular flexibility index (Phi) is 5.40. The number of methoxy groups -OCH3 is 1. The molecule has 0 saturated carbocycles. The average Bonchev–Trinajstić information content (AvgIpc) is 2.65. The van der Waals surface area contributed by atoms with Gasteiger partial charge in [-0.3, -0.25) is 4.79 Å². The molecule has 0 amide bonds. The number of hydrogen-bond acceptors (Lipinski definition) is 5. The highest BCUT2D eigenvalue weighted by Gasteiger charge is 2.11. The number of anilines is 2. The molecule has 0 unspecified atom stereocenters. The van der Waals surface area contributed by atoms with E-state index in [1.807, 2.05) is 65.4 Å². The van der Waals surface area contributed by atoms with Crippen molar-refractivity contribution in [3.63, 3.8) is 0 Å². The predicted molar refractivity (Wildman–Crippen MR) is 102 cm³/mol. The molecule has 0 spiro atoms. The summed E-state index contributed by atoms with van der Waals surface area (Å²) in [5.74, 6) is 0.704. The molecule has 3 aromatic rings. The highest BCUT2D eigenvalue weighted by Crippen LogP contribution is 2.27. The number of ether oxygens (including phenoxy) is 1. The van der Waals surface area contributed by atoms with Gasteiger partial charge in [0, 0.05) is 4.90 Å². The van der Waals surface area contributed by atoms with Crippen molar-refractivity contribution >= 4 is 23.4 Å². The SMILES string of the molecule is COc1cn(Cc2ccccc2)c(Nc2ccccc2SC)nc1=O. The Hall–Kier alpha value is -2.73. The van der Waals surface area contributed by atoms with Crippen LogP contribution in [0.2, 0.25) is 0 Å². The third kappa shape index (κ3) is 4.03. The van der Waals surface area contributed by atoms with Gasteiger partial charge in [0.25, 0.3) is 0 Å². The van der Waals surface area contributed by atoms with E-state index >= 15 is 0 Å². The number of nitrogens with zero attached hydrogens (tertiary/aromatic N) is 2. The van der Waals surface area contributed by atoms with Gasteiger partial charge < -0.3 is 14.6 Å². The largest absolute Gasteiger partial charge is 0.490 e. The van der Waals surface area contributed by atoms with Crippen LogP contribution in [0, 0.1) is 0 Å². The number of thioether (sulfide) groups is 1. The van der Waals surface area contributed by atoms with Crippen LogP contribution in [0.1, 0.15) is 5.56 Å². The summed E-state index contributed by atoms with van der Waals surface area (Å²) in [6, 6.07) is 17.9. The molecule has 0 aliphatic rings. The third-order valence-corrected chi connectivity index (χ3v) is 4.53. The molecule has 1 N–H and O–H groups in total. The Balaban J connectivity index is 2.02. The van der Waals surface area contributed by atoms with Gasteiger partial charge in [0.1, 0.15) is 0 Å². The molecule has 0 radical (unpaired) electrons. The van der Waals surface area contributed by atoms with Crippen molar-refractivity contribution in [1.82, 2.24) is 9.55 Å². The van der Waals surface area contributed by atoms with Crippen LogP contribution in [0.25, 0.3) is 0 Å². The van der Waals surface area contributed by atoms with Crippen LogP contribution in [-0.4, -0.2) is 22.9 Å². The second kappa shape index (κ2) is 7.90. The number of hydrogen-bond donors (Lipinski definition) is 1. The second-order valence-corrected chi connectivity index (χ2v) is 6.22. The van der Waals surface area contributed by atoms with Crippen LogP contribution < -0.4 is 15.6 Å². The molecule has 0 saturated heterocycles. The van der Waals surface area contributed by atoms with E-state index in [0.717, 1.165) is 16.1 Å². The van der Waals surface area contributed by atoms with E-state index in [-0.39, 0.29) is 5.75 Å². The van der Waals surface area contributed by atoms with Crippen LogP contribution in [0.4, 0.5) is 11.6 Å². The van der Waals surface area contributed by atoms with Crippen LogP contribution >= 0.6 is 11.8 Å². The Morgan fingerprint density at radius 3 is 2.56 bits per heavy atom. The van der Waals surface area contributed by atoms with Crippen molar-refractivity contribution in [2.45, 2.75) is 11.4 Å². The zero-order chi connectivity index (χ0) is 17.6. The first-order valence-electron chi connectivity index (χ1n) is 7.80. The van der Waals surface area contributed by atoms with Crippen molar-refractivity contribution in [3.05, 3.63) is 76.7 Å². The molecule has 0 fully saturated rings. The maximum Gasteiger partial charge on any atom is 0.316 e. The Morgan fingerprint density at radius 2 is 1.84 bits per heavy atom. The first-order valence-corrected chi connectivity index (χ1v) is 9.03. The lowest BCUT2D eigenvalue weighted by molar-refractivity contribution is 0.402. The highest BCUT2D eigenvalue weighted by atomic mass is 32.2. The topological polar surface area (TPSA) is 56.1 Å². The van der Waals surface area contributed by atoms with E-state index in [0.29, 0.717) is 12.5 Å². The van der Waals surface area contributed by atoms with Crippen molar-refractivity contribution < 1.29 is 4.74 Å². The quantitative estimate of drug-likeness (QED) is 0.684. The second-order valence-electron chi connectivity index (χ2n) is 5.38. The smallest absolute Gasteiger partial charge is 0.316 e. The fraction of sp³-hybridized carbons (Fsp3) is 0.158. The highest BCUT2D eigenvalue weighted by molar-refractivity contribution is 7.98. The minimum absolute atomic E-state index is 0.222. The van der Waals surface area contributed by atoms with Crippen LogP contribution in [-0.2, 0) is 6.54 Å². The molecule has 0 aliphatic heterocycles. The lowest BCUT2D eigenvalue weighted by Crippen LogP contribution is -2.18. The summed E-state index contributed by atoms with van der Waals surface area (Å²) in [6.45, 7) is 0.578. The van der Waals surface area contributed by atoms with Gasteiger partial charge in [0.2, 0.25) is 11.7 Å². The molecule has 25 heavy (non-hydrogen) atoms. The summed E-state index contributed by atoms with van der Waals surface area (Å²) in [6.07, 6.45) is 3.70. The number of aromatic nitrogens is 2. The van der Waals surface area contributed by atoms with E-state index in [1.165, 1.54) is 7.11 Å². The Bertz CT molecular complexity index is 910. The summed E-state index contributed by atoms with van der Waals surface area (Å²) >= 11 is 1.63. The van der Waals surface area contributed by atoms with Gasteiger partial charge >= 0.3 is 5.56 Å². The minimum atomic E-state index is -0.393. The van der Waals surface area contributed by atoms with Gasteiger partial charge in [0.15, 0.2) is 0 Å². The zero-order valence-corrected chi connectivity index (χ0v) is 14.9. The maximum absolute atomic E-state index is 12.1. The van der Waals surface area contributed by atoms with Gasteiger partial charge in [-0.05, 0) is 24.0 Å². The van der Waals surface area contributed by atoms with Crippen molar-refractivity contribution in [2.24, 2.45) is 0 Å². The standard InChI is InChI=1S/C19H19N3O2S/c1-24-16-13-22(12-14-8-4-3-5-9-14)19(21-18(16)23)20-15-10-6-7-11-17(15)25-2/h3-11,13H,12H2,1-2H3,(H,20,21,23). The molecule has 3 rings (SSSR count). The average molecular weight is 353 g/mol. The number of nitrogens with one attached hydrogen (secondary N) is 1. The number of rotatable bonds is 6. The molecule has 5 nitrogen and oxygen atoms in total. The summed E-state index contributed by atoms with van der Waals surface area (Å²) < 4.78 is 7.03. The van der Waals surface area contributed by atoms with E-state index in [1.54, 1.807) is 18.0 Å². The fourth-order valence-corrected chi connectivity index (χ4v) is 3.04. The van der Waals surface area contributed by atoms with Gasteiger partial charge in [0.05, 0.1) is 25.5 Å². The van der Waals surface area contributed by atoms with E-state index in [4.69, 9.17) is 4.74 Å². The van der Waals surface area contributed by atoms with Crippen LogP contribution in [0.5, 0.6) is 5.75 Å². The molecule has 6 heteroatoms. The third-order valence-electron chi connectivity index (χ3n) is 3.73. The van der Waals surface area contributed by atoms with Gasteiger partial charge in [-0.25, -0.2) is 0 Å². The van der Waals surface area contributed by atoms with Crippen LogP contribution in [0.3, 0.4) is 0 Å². The minimum Gasteiger partial charge on any atom is -0.490 e. The maximum atomic E-state index is 12.1.